The fourth-order valence-electron chi connectivity index (χ4n) is 4.61. The second-order valence-corrected chi connectivity index (χ2v) is 9.02. The van der Waals surface area contributed by atoms with Crippen LogP contribution in [0.4, 0.5) is 11.4 Å². The molecule has 0 radical (unpaired) electrons. The Labute approximate surface area is 188 Å². The molecule has 0 spiro atoms. The van der Waals surface area contributed by atoms with E-state index in [1.165, 1.54) is 21.8 Å². The Balaban J connectivity index is 1.86. The zero-order valence-electron chi connectivity index (χ0n) is 18.6. The highest BCUT2D eigenvalue weighted by molar-refractivity contribution is 6.15. The molecule has 0 saturated carbocycles. The quantitative estimate of drug-likeness (QED) is 0.304. The zero-order chi connectivity index (χ0) is 22.3. The van der Waals surface area contributed by atoms with E-state index in [2.05, 4.69) is 109 Å². The van der Waals surface area contributed by atoms with E-state index >= 15 is 0 Å². The standard InChI is InChI=1S/C29H25N3/c1-29(2,3)32(23-18-16-21(20-30)17-19-23)27-15-9-14-26-28(27)24-12-7-8-13-25(24)31(26)22-10-5-4-6-11-22/h4-19H,1-3H3. The monoisotopic (exact) mass is 415 g/mol. The summed E-state index contributed by atoms with van der Waals surface area (Å²) in [6.07, 6.45) is 0. The van der Waals surface area contributed by atoms with Gasteiger partial charge < -0.3 is 9.47 Å². The molecule has 0 atom stereocenters. The van der Waals surface area contributed by atoms with Crippen molar-refractivity contribution in [2.75, 3.05) is 4.90 Å². The van der Waals surface area contributed by atoms with Crippen LogP contribution in [0.2, 0.25) is 0 Å². The predicted octanol–water partition coefficient (Wildman–Crippen LogP) is 7.59. The van der Waals surface area contributed by atoms with Crippen LogP contribution < -0.4 is 4.90 Å². The molecule has 1 aromatic heterocycles. The lowest BCUT2D eigenvalue weighted by molar-refractivity contribution is 0.561. The minimum absolute atomic E-state index is 0.168. The molecule has 3 heteroatoms. The molecule has 0 aliphatic heterocycles. The van der Waals surface area contributed by atoms with Gasteiger partial charge in [0.1, 0.15) is 0 Å². The number of para-hydroxylation sites is 2. The first-order chi connectivity index (χ1) is 15.5. The van der Waals surface area contributed by atoms with Gasteiger partial charge in [-0.15, -0.1) is 0 Å². The van der Waals surface area contributed by atoms with E-state index in [4.69, 9.17) is 0 Å². The number of nitriles is 1. The number of hydrogen-bond acceptors (Lipinski definition) is 2. The van der Waals surface area contributed by atoms with Crippen LogP contribution in [0.3, 0.4) is 0 Å². The van der Waals surface area contributed by atoms with Crippen LogP contribution >= 0.6 is 0 Å². The Morgan fingerprint density at radius 2 is 1.38 bits per heavy atom. The van der Waals surface area contributed by atoms with Crippen molar-refractivity contribution >= 4 is 33.2 Å². The molecular weight excluding hydrogens is 390 g/mol. The molecule has 32 heavy (non-hydrogen) atoms. The van der Waals surface area contributed by atoms with Gasteiger partial charge in [0.15, 0.2) is 0 Å². The third-order valence-corrected chi connectivity index (χ3v) is 5.86. The first-order valence-electron chi connectivity index (χ1n) is 10.9. The highest BCUT2D eigenvalue weighted by Crippen LogP contribution is 2.42. The number of nitrogens with zero attached hydrogens (tertiary/aromatic N) is 3. The summed E-state index contributed by atoms with van der Waals surface area (Å²) >= 11 is 0. The van der Waals surface area contributed by atoms with E-state index in [0.29, 0.717) is 5.56 Å². The number of aromatic nitrogens is 1. The van der Waals surface area contributed by atoms with Gasteiger partial charge in [-0.05, 0) is 75.4 Å². The maximum atomic E-state index is 9.25. The Hall–Kier alpha value is -4.03. The smallest absolute Gasteiger partial charge is 0.0991 e. The van der Waals surface area contributed by atoms with Crippen LogP contribution in [0.25, 0.3) is 27.5 Å². The van der Waals surface area contributed by atoms with Gasteiger partial charge in [-0.3, -0.25) is 0 Å². The van der Waals surface area contributed by atoms with Crippen LogP contribution in [0.15, 0.2) is 97.1 Å². The van der Waals surface area contributed by atoms with Crippen LogP contribution in [-0.2, 0) is 0 Å². The first kappa shape index (κ1) is 19.9. The molecule has 0 aliphatic carbocycles. The van der Waals surface area contributed by atoms with Gasteiger partial charge in [-0.1, -0.05) is 42.5 Å². The molecule has 5 rings (SSSR count). The lowest BCUT2D eigenvalue weighted by atomic mass is 10.00. The molecule has 0 unspecified atom stereocenters. The van der Waals surface area contributed by atoms with E-state index in [9.17, 15) is 5.26 Å². The fourth-order valence-corrected chi connectivity index (χ4v) is 4.61. The second kappa shape index (κ2) is 7.59. The second-order valence-electron chi connectivity index (χ2n) is 9.02. The third kappa shape index (κ3) is 3.21. The molecule has 5 aromatic rings. The number of anilines is 2. The summed E-state index contributed by atoms with van der Waals surface area (Å²) in [5.41, 5.74) is 6.25. The minimum atomic E-state index is -0.168. The Morgan fingerprint density at radius 3 is 2.06 bits per heavy atom. The molecule has 3 nitrogen and oxygen atoms in total. The van der Waals surface area contributed by atoms with Crippen molar-refractivity contribution in [3.63, 3.8) is 0 Å². The van der Waals surface area contributed by atoms with Gasteiger partial charge >= 0.3 is 0 Å². The number of rotatable bonds is 3. The lowest BCUT2D eigenvalue weighted by Gasteiger charge is -2.38. The van der Waals surface area contributed by atoms with Crippen molar-refractivity contribution in [1.29, 1.82) is 5.26 Å². The van der Waals surface area contributed by atoms with Gasteiger partial charge in [-0.25, -0.2) is 0 Å². The highest BCUT2D eigenvalue weighted by atomic mass is 15.2. The first-order valence-corrected chi connectivity index (χ1v) is 10.9. The summed E-state index contributed by atoms with van der Waals surface area (Å²) in [5.74, 6) is 0. The summed E-state index contributed by atoms with van der Waals surface area (Å²) in [6, 6.07) is 35.8. The van der Waals surface area contributed by atoms with E-state index in [1.54, 1.807) is 0 Å². The van der Waals surface area contributed by atoms with E-state index < -0.39 is 0 Å². The van der Waals surface area contributed by atoms with Crippen molar-refractivity contribution < 1.29 is 0 Å². The van der Waals surface area contributed by atoms with Crippen LogP contribution in [0.1, 0.15) is 26.3 Å². The fraction of sp³-hybridized carbons (Fsp3) is 0.138. The summed E-state index contributed by atoms with van der Waals surface area (Å²) in [7, 11) is 0. The normalized spacial score (nSPS) is 11.6. The van der Waals surface area contributed by atoms with E-state index in [0.717, 1.165) is 17.1 Å². The molecule has 0 amide bonds. The lowest BCUT2D eigenvalue weighted by Crippen LogP contribution is -2.37. The van der Waals surface area contributed by atoms with Crippen molar-refractivity contribution in [1.82, 2.24) is 4.57 Å². The third-order valence-electron chi connectivity index (χ3n) is 5.86. The summed E-state index contributed by atoms with van der Waals surface area (Å²) in [5, 5.41) is 11.7. The molecule has 1 heterocycles. The molecule has 0 fully saturated rings. The van der Waals surface area contributed by atoms with Crippen LogP contribution in [-0.4, -0.2) is 10.1 Å². The van der Waals surface area contributed by atoms with Gasteiger partial charge in [0.25, 0.3) is 0 Å². The van der Waals surface area contributed by atoms with Crippen molar-refractivity contribution in [2.24, 2.45) is 0 Å². The molecule has 0 saturated heterocycles. The summed E-state index contributed by atoms with van der Waals surface area (Å²) < 4.78 is 2.34. The van der Waals surface area contributed by atoms with Gasteiger partial charge in [0.05, 0.1) is 28.4 Å². The average Bonchev–Trinajstić information content (AvgIpc) is 3.14. The Morgan fingerprint density at radius 1 is 0.719 bits per heavy atom. The van der Waals surface area contributed by atoms with Crippen LogP contribution in [0.5, 0.6) is 0 Å². The van der Waals surface area contributed by atoms with Gasteiger partial charge in [-0.2, -0.15) is 5.26 Å². The van der Waals surface area contributed by atoms with Gasteiger partial charge in [0.2, 0.25) is 0 Å². The molecule has 4 aromatic carbocycles. The highest BCUT2D eigenvalue weighted by Gasteiger charge is 2.27. The number of hydrogen-bond donors (Lipinski definition) is 0. The molecule has 0 bridgehead atoms. The number of benzene rings is 4. The van der Waals surface area contributed by atoms with Crippen molar-refractivity contribution in [3.05, 3.63) is 103 Å². The maximum Gasteiger partial charge on any atom is 0.0991 e. The largest absolute Gasteiger partial charge is 0.336 e. The molecule has 0 aliphatic rings. The SMILES string of the molecule is CC(C)(C)N(c1ccc(C#N)cc1)c1cccc2c1c1ccccc1n2-c1ccccc1. The minimum Gasteiger partial charge on any atom is -0.336 e. The van der Waals surface area contributed by atoms with E-state index in [-0.39, 0.29) is 5.54 Å². The average molecular weight is 416 g/mol. The topological polar surface area (TPSA) is 32.0 Å². The maximum absolute atomic E-state index is 9.25. The van der Waals surface area contributed by atoms with Crippen LogP contribution in [0, 0.1) is 11.3 Å². The molecule has 0 N–H and O–H groups in total. The van der Waals surface area contributed by atoms with Crippen molar-refractivity contribution in [3.8, 4) is 11.8 Å². The molecular formula is C29H25N3. The Bertz CT molecular complexity index is 1450. The predicted molar refractivity (Wildman–Crippen MR) is 134 cm³/mol. The summed E-state index contributed by atoms with van der Waals surface area (Å²) in [4.78, 5) is 2.37. The van der Waals surface area contributed by atoms with Gasteiger partial charge in [0, 0.05) is 27.7 Å². The van der Waals surface area contributed by atoms with E-state index in [1.807, 2.05) is 24.3 Å². The Kier molecular flexibility index (Phi) is 4.72. The number of fused-ring (bicyclic) bond motifs is 3. The molecule has 156 valence electrons. The van der Waals surface area contributed by atoms with Crippen molar-refractivity contribution in [2.45, 2.75) is 26.3 Å². The zero-order valence-corrected chi connectivity index (χ0v) is 18.6. The summed E-state index contributed by atoms with van der Waals surface area (Å²) in [6.45, 7) is 6.67.